The minimum atomic E-state index is -0.253. The van der Waals surface area contributed by atoms with Gasteiger partial charge >= 0.3 is 0 Å². The molecule has 1 aliphatic rings. The third-order valence-electron chi connectivity index (χ3n) is 3.54. The molecule has 1 aliphatic heterocycles. The Morgan fingerprint density at radius 1 is 1.09 bits per heavy atom. The highest BCUT2D eigenvalue weighted by Gasteiger charge is 2.14. The number of ether oxygens (including phenoxy) is 1. The number of morpholine rings is 1. The third kappa shape index (κ3) is 3.43. The standard InChI is InChI=1S/C17H17FN2O2/c18-16-11-13(12-19-14-2-4-15(21)5-3-14)1-6-17(16)20-7-9-22-10-8-20/h1-6,11-12,21H,7-10H2. The molecule has 1 fully saturated rings. The van der Waals surface area contributed by atoms with Gasteiger partial charge in [-0.2, -0.15) is 0 Å². The molecule has 0 bridgehead atoms. The Morgan fingerprint density at radius 3 is 2.50 bits per heavy atom. The lowest BCUT2D eigenvalue weighted by molar-refractivity contribution is 0.122. The zero-order valence-electron chi connectivity index (χ0n) is 12.1. The van der Waals surface area contributed by atoms with Crippen molar-refractivity contribution in [1.82, 2.24) is 0 Å². The summed E-state index contributed by atoms with van der Waals surface area (Å²) in [4.78, 5) is 6.25. The molecule has 2 aromatic rings. The number of phenols is 1. The first-order chi connectivity index (χ1) is 10.7. The van der Waals surface area contributed by atoms with Crippen LogP contribution in [0.15, 0.2) is 47.5 Å². The number of benzene rings is 2. The molecule has 4 nitrogen and oxygen atoms in total. The molecular weight excluding hydrogens is 283 g/mol. The van der Waals surface area contributed by atoms with Crippen LogP contribution in [0.25, 0.3) is 0 Å². The molecule has 0 unspecified atom stereocenters. The summed E-state index contributed by atoms with van der Waals surface area (Å²) in [6.07, 6.45) is 1.61. The lowest BCUT2D eigenvalue weighted by Crippen LogP contribution is -2.36. The molecule has 0 aliphatic carbocycles. The van der Waals surface area contributed by atoms with Crippen molar-refractivity contribution >= 4 is 17.6 Å². The summed E-state index contributed by atoms with van der Waals surface area (Å²) in [7, 11) is 0. The fourth-order valence-electron chi connectivity index (χ4n) is 2.35. The normalized spacial score (nSPS) is 15.4. The number of rotatable bonds is 3. The Balaban J connectivity index is 1.75. The summed E-state index contributed by atoms with van der Waals surface area (Å²) >= 11 is 0. The van der Waals surface area contributed by atoms with E-state index in [1.54, 1.807) is 36.5 Å². The molecule has 1 saturated heterocycles. The van der Waals surface area contributed by atoms with Crippen LogP contribution in [-0.4, -0.2) is 37.6 Å². The molecule has 2 aromatic carbocycles. The number of aliphatic imine (C=N–C) groups is 1. The molecule has 0 aromatic heterocycles. The van der Waals surface area contributed by atoms with Gasteiger partial charge in [-0.1, -0.05) is 6.07 Å². The van der Waals surface area contributed by atoms with Crippen LogP contribution in [0.5, 0.6) is 5.75 Å². The van der Waals surface area contributed by atoms with Crippen molar-refractivity contribution in [3.8, 4) is 5.75 Å². The number of phenolic OH excluding ortho intramolecular Hbond substituents is 1. The second kappa shape index (κ2) is 6.58. The van der Waals surface area contributed by atoms with Gasteiger partial charge in [0, 0.05) is 19.3 Å². The van der Waals surface area contributed by atoms with Gasteiger partial charge in [0.1, 0.15) is 11.6 Å². The van der Waals surface area contributed by atoms with Crippen LogP contribution >= 0.6 is 0 Å². The zero-order valence-corrected chi connectivity index (χ0v) is 12.1. The van der Waals surface area contributed by atoms with Crippen LogP contribution in [0.2, 0.25) is 0 Å². The smallest absolute Gasteiger partial charge is 0.147 e. The van der Waals surface area contributed by atoms with Gasteiger partial charge in [0.15, 0.2) is 0 Å². The Bertz CT molecular complexity index is 665. The summed E-state index contributed by atoms with van der Waals surface area (Å²) in [5.41, 5.74) is 2.00. The van der Waals surface area contributed by atoms with Crippen molar-refractivity contribution in [2.75, 3.05) is 31.2 Å². The highest BCUT2D eigenvalue weighted by molar-refractivity contribution is 5.82. The SMILES string of the molecule is Oc1ccc(N=Cc2ccc(N3CCOCC3)c(F)c2)cc1. The first kappa shape index (κ1) is 14.5. The number of halogens is 1. The van der Waals surface area contributed by atoms with Crippen LogP contribution < -0.4 is 4.90 Å². The maximum absolute atomic E-state index is 14.2. The molecule has 22 heavy (non-hydrogen) atoms. The van der Waals surface area contributed by atoms with E-state index in [9.17, 15) is 9.50 Å². The van der Waals surface area contributed by atoms with Gasteiger partial charge in [0.05, 0.1) is 24.6 Å². The van der Waals surface area contributed by atoms with E-state index in [0.717, 1.165) is 0 Å². The Kier molecular flexibility index (Phi) is 4.34. The largest absolute Gasteiger partial charge is 0.508 e. The van der Waals surface area contributed by atoms with Crippen molar-refractivity contribution < 1.29 is 14.2 Å². The average Bonchev–Trinajstić information content (AvgIpc) is 2.55. The summed E-state index contributed by atoms with van der Waals surface area (Å²) in [5, 5.41) is 9.22. The Hall–Kier alpha value is -2.40. The number of nitrogens with zero attached hydrogens (tertiary/aromatic N) is 2. The highest BCUT2D eigenvalue weighted by Crippen LogP contribution is 2.22. The van der Waals surface area contributed by atoms with Crippen molar-refractivity contribution in [3.63, 3.8) is 0 Å². The number of hydrogen-bond acceptors (Lipinski definition) is 4. The fraction of sp³-hybridized carbons (Fsp3) is 0.235. The van der Waals surface area contributed by atoms with Crippen molar-refractivity contribution in [2.45, 2.75) is 0 Å². The van der Waals surface area contributed by atoms with Gasteiger partial charge in [-0.05, 0) is 42.0 Å². The van der Waals surface area contributed by atoms with Gasteiger partial charge in [-0.15, -0.1) is 0 Å². The van der Waals surface area contributed by atoms with Crippen LogP contribution in [-0.2, 0) is 4.74 Å². The molecule has 114 valence electrons. The van der Waals surface area contributed by atoms with Gasteiger partial charge < -0.3 is 14.7 Å². The summed E-state index contributed by atoms with van der Waals surface area (Å²) in [6, 6.07) is 11.6. The summed E-state index contributed by atoms with van der Waals surface area (Å²) < 4.78 is 19.5. The van der Waals surface area contributed by atoms with Crippen molar-refractivity contribution in [1.29, 1.82) is 0 Å². The molecule has 0 spiro atoms. The van der Waals surface area contributed by atoms with E-state index in [-0.39, 0.29) is 11.6 Å². The van der Waals surface area contributed by atoms with Crippen LogP contribution in [0, 0.1) is 5.82 Å². The molecule has 1 N–H and O–H groups in total. The quantitative estimate of drug-likeness (QED) is 0.886. The lowest BCUT2D eigenvalue weighted by atomic mass is 10.2. The maximum Gasteiger partial charge on any atom is 0.147 e. The van der Waals surface area contributed by atoms with Gasteiger partial charge in [-0.25, -0.2) is 4.39 Å². The summed E-state index contributed by atoms with van der Waals surface area (Å²) in [5.74, 6) is -0.0589. The Morgan fingerprint density at radius 2 is 1.82 bits per heavy atom. The van der Waals surface area contributed by atoms with E-state index < -0.39 is 0 Å². The number of hydrogen-bond donors (Lipinski definition) is 1. The first-order valence-electron chi connectivity index (χ1n) is 7.18. The molecule has 3 rings (SSSR count). The topological polar surface area (TPSA) is 45.1 Å². The highest BCUT2D eigenvalue weighted by atomic mass is 19.1. The molecule has 0 amide bonds. The lowest BCUT2D eigenvalue weighted by Gasteiger charge is -2.29. The summed E-state index contributed by atoms with van der Waals surface area (Å²) in [6.45, 7) is 2.67. The first-order valence-corrected chi connectivity index (χ1v) is 7.18. The molecule has 1 heterocycles. The van der Waals surface area contributed by atoms with E-state index in [1.807, 2.05) is 11.0 Å². The maximum atomic E-state index is 14.2. The van der Waals surface area contributed by atoms with Gasteiger partial charge in [-0.3, -0.25) is 4.99 Å². The predicted octanol–water partition coefficient (Wildman–Crippen LogP) is 3.12. The van der Waals surface area contributed by atoms with Crippen LogP contribution in [0.3, 0.4) is 0 Å². The third-order valence-corrected chi connectivity index (χ3v) is 3.54. The van der Waals surface area contributed by atoms with Crippen molar-refractivity contribution in [2.24, 2.45) is 4.99 Å². The predicted molar refractivity (Wildman–Crippen MR) is 84.8 cm³/mol. The Labute approximate surface area is 128 Å². The monoisotopic (exact) mass is 300 g/mol. The van der Waals surface area contributed by atoms with Gasteiger partial charge in [0.2, 0.25) is 0 Å². The van der Waals surface area contributed by atoms with Crippen LogP contribution in [0.1, 0.15) is 5.56 Å². The minimum Gasteiger partial charge on any atom is -0.508 e. The van der Waals surface area contributed by atoms with E-state index in [1.165, 1.54) is 6.07 Å². The second-order valence-corrected chi connectivity index (χ2v) is 5.08. The van der Waals surface area contributed by atoms with E-state index in [2.05, 4.69) is 4.99 Å². The molecule has 0 radical (unpaired) electrons. The molecule has 0 saturated carbocycles. The second-order valence-electron chi connectivity index (χ2n) is 5.08. The van der Waals surface area contributed by atoms with Crippen molar-refractivity contribution in [3.05, 3.63) is 53.8 Å². The minimum absolute atomic E-state index is 0.194. The number of aromatic hydroxyl groups is 1. The van der Waals surface area contributed by atoms with E-state index in [0.29, 0.717) is 43.2 Å². The molecule has 0 atom stereocenters. The van der Waals surface area contributed by atoms with E-state index in [4.69, 9.17) is 4.74 Å². The molecular formula is C17H17FN2O2. The van der Waals surface area contributed by atoms with Crippen LogP contribution in [0.4, 0.5) is 15.8 Å². The number of anilines is 1. The van der Waals surface area contributed by atoms with E-state index >= 15 is 0 Å². The van der Waals surface area contributed by atoms with Gasteiger partial charge in [0.25, 0.3) is 0 Å². The molecule has 5 heteroatoms. The zero-order chi connectivity index (χ0) is 15.4. The average molecular weight is 300 g/mol. The fourth-order valence-corrected chi connectivity index (χ4v) is 2.35.